The van der Waals surface area contributed by atoms with Gasteiger partial charge in [-0.2, -0.15) is 0 Å². The summed E-state index contributed by atoms with van der Waals surface area (Å²) < 4.78 is 2.20. The van der Waals surface area contributed by atoms with Gasteiger partial charge in [-0.25, -0.2) is 9.97 Å². The Bertz CT molecular complexity index is 2470. The van der Waals surface area contributed by atoms with Crippen LogP contribution in [0, 0.1) is 0 Å². The number of nitrogens with zero attached hydrogens (tertiary/aromatic N) is 3. The molecule has 0 aliphatic rings. The number of para-hydroxylation sites is 3. The van der Waals surface area contributed by atoms with Crippen LogP contribution in [0.1, 0.15) is 0 Å². The summed E-state index contributed by atoms with van der Waals surface area (Å²) in [5.41, 5.74) is 9.80. The minimum Gasteiger partial charge on any atom is -0.355 e. The second kappa shape index (κ2) is 8.88. The Morgan fingerprint density at radius 3 is 1.95 bits per heavy atom. The quantitative estimate of drug-likeness (QED) is 0.244. The van der Waals surface area contributed by atoms with Crippen LogP contribution < -0.4 is 0 Å². The predicted octanol–water partition coefficient (Wildman–Crippen LogP) is 9.70. The largest absolute Gasteiger partial charge is 0.355 e. The summed E-state index contributed by atoms with van der Waals surface area (Å²) in [7, 11) is 0. The molecule has 6 aromatic carbocycles. The Balaban J connectivity index is 1.28. The van der Waals surface area contributed by atoms with Crippen LogP contribution >= 0.6 is 0 Å². The van der Waals surface area contributed by atoms with Gasteiger partial charge in [0.05, 0.1) is 22.2 Å². The molecule has 0 spiro atoms. The molecule has 0 aliphatic carbocycles. The number of fused-ring (bicyclic) bond motifs is 7. The maximum absolute atomic E-state index is 5.20. The van der Waals surface area contributed by atoms with E-state index in [-0.39, 0.29) is 0 Å². The highest BCUT2D eigenvalue weighted by molar-refractivity contribution is 6.12. The lowest BCUT2D eigenvalue weighted by Crippen LogP contribution is -2.03. The van der Waals surface area contributed by atoms with Gasteiger partial charge >= 0.3 is 0 Å². The third-order valence-electron chi connectivity index (χ3n) is 8.35. The molecule has 0 aliphatic heterocycles. The number of hydrogen-bond acceptors (Lipinski definition) is 2. The zero-order valence-corrected chi connectivity index (χ0v) is 22.6. The zero-order chi connectivity index (χ0) is 27.6. The Kier molecular flexibility index (Phi) is 4.87. The standard InChI is InChI=1S/C38H24N4/c1-2-10-24(11-3-1)37-29-14-5-8-16-33(29)40-38(41-37)42-35-17-9-6-13-28(35)31-23-26(19-21-36(31)42)25-18-20-34-30(22-25)27-12-4-7-15-32(27)39-34/h1-23,39H. The Labute approximate surface area is 241 Å². The first-order valence-electron chi connectivity index (χ1n) is 14.2. The molecule has 3 heterocycles. The lowest BCUT2D eigenvalue weighted by Gasteiger charge is -2.12. The zero-order valence-electron chi connectivity index (χ0n) is 22.6. The van der Waals surface area contributed by atoms with Crippen molar-refractivity contribution in [1.29, 1.82) is 0 Å². The van der Waals surface area contributed by atoms with Gasteiger partial charge in [0.15, 0.2) is 0 Å². The molecule has 0 fully saturated rings. The Morgan fingerprint density at radius 1 is 0.429 bits per heavy atom. The number of benzene rings is 6. The van der Waals surface area contributed by atoms with Gasteiger partial charge in [-0.1, -0.05) is 97.1 Å². The average molecular weight is 537 g/mol. The van der Waals surface area contributed by atoms with Crippen molar-refractivity contribution in [3.63, 3.8) is 0 Å². The third-order valence-corrected chi connectivity index (χ3v) is 8.35. The van der Waals surface area contributed by atoms with Crippen molar-refractivity contribution in [3.05, 3.63) is 140 Å². The van der Waals surface area contributed by atoms with Crippen molar-refractivity contribution in [1.82, 2.24) is 19.5 Å². The second-order valence-corrected chi connectivity index (χ2v) is 10.8. The average Bonchev–Trinajstić information content (AvgIpc) is 3.59. The van der Waals surface area contributed by atoms with Crippen molar-refractivity contribution in [3.8, 4) is 28.3 Å². The molecule has 0 atom stereocenters. The number of hydrogen-bond donors (Lipinski definition) is 1. The molecule has 9 aromatic rings. The molecule has 0 unspecified atom stereocenters. The number of H-pyrrole nitrogens is 1. The molecule has 3 aromatic heterocycles. The van der Waals surface area contributed by atoms with E-state index in [0.29, 0.717) is 5.95 Å². The van der Waals surface area contributed by atoms with Crippen LogP contribution in [0.3, 0.4) is 0 Å². The lowest BCUT2D eigenvalue weighted by molar-refractivity contribution is 1.01. The minimum atomic E-state index is 0.673. The van der Waals surface area contributed by atoms with Crippen molar-refractivity contribution in [2.45, 2.75) is 0 Å². The highest BCUT2D eigenvalue weighted by Crippen LogP contribution is 2.37. The van der Waals surface area contributed by atoms with Crippen LogP contribution in [0.15, 0.2) is 140 Å². The van der Waals surface area contributed by atoms with Gasteiger partial charge in [0.2, 0.25) is 5.95 Å². The summed E-state index contributed by atoms with van der Waals surface area (Å²) in [5, 5.41) is 5.89. The maximum atomic E-state index is 5.20. The first-order chi connectivity index (χ1) is 20.8. The molecule has 0 amide bonds. The molecule has 0 bridgehead atoms. The van der Waals surface area contributed by atoms with Crippen LogP contribution in [0.5, 0.6) is 0 Å². The number of aromatic nitrogens is 4. The van der Waals surface area contributed by atoms with Gasteiger partial charge < -0.3 is 4.98 Å². The van der Waals surface area contributed by atoms with E-state index >= 15 is 0 Å². The summed E-state index contributed by atoms with van der Waals surface area (Å²) >= 11 is 0. The van der Waals surface area contributed by atoms with E-state index in [1.807, 2.05) is 18.2 Å². The fraction of sp³-hybridized carbons (Fsp3) is 0. The van der Waals surface area contributed by atoms with E-state index in [1.54, 1.807) is 0 Å². The molecule has 0 saturated heterocycles. The highest BCUT2D eigenvalue weighted by Gasteiger charge is 2.18. The van der Waals surface area contributed by atoms with Crippen molar-refractivity contribution < 1.29 is 0 Å². The molecule has 196 valence electrons. The van der Waals surface area contributed by atoms with Crippen molar-refractivity contribution in [2.24, 2.45) is 0 Å². The van der Waals surface area contributed by atoms with Gasteiger partial charge in [0.25, 0.3) is 0 Å². The summed E-state index contributed by atoms with van der Waals surface area (Å²) in [6.07, 6.45) is 0. The second-order valence-electron chi connectivity index (χ2n) is 10.8. The van der Waals surface area contributed by atoms with Crippen molar-refractivity contribution >= 4 is 54.5 Å². The molecule has 42 heavy (non-hydrogen) atoms. The number of rotatable bonds is 3. The van der Waals surface area contributed by atoms with E-state index < -0.39 is 0 Å². The van der Waals surface area contributed by atoms with Gasteiger partial charge in [-0.15, -0.1) is 0 Å². The normalized spacial score (nSPS) is 11.8. The van der Waals surface area contributed by atoms with E-state index in [0.717, 1.165) is 44.2 Å². The molecule has 0 radical (unpaired) electrons. The van der Waals surface area contributed by atoms with Gasteiger partial charge in [-0.3, -0.25) is 4.57 Å². The monoisotopic (exact) mass is 536 g/mol. The minimum absolute atomic E-state index is 0.673. The van der Waals surface area contributed by atoms with E-state index in [1.165, 1.54) is 32.7 Å². The highest BCUT2D eigenvalue weighted by atomic mass is 15.2. The summed E-state index contributed by atoms with van der Waals surface area (Å²) in [4.78, 5) is 13.8. The summed E-state index contributed by atoms with van der Waals surface area (Å²) in [5.74, 6) is 0.673. The number of aromatic amines is 1. The van der Waals surface area contributed by atoms with Crippen LogP contribution in [-0.4, -0.2) is 19.5 Å². The van der Waals surface area contributed by atoms with Gasteiger partial charge in [0.1, 0.15) is 0 Å². The SMILES string of the molecule is c1ccc(-c2nc(-n3c4ccccc4c4cc(-c5ccc6[nH]c7ccccc7c6c5)ccc43)nc3ccccc23)cc1. The van der Waals surface area contributed by atoms with Crippen LogP contribution in [0.2, 0.25) is 0 Å². The smallest absolute Gasteiger partial charge is 0.235 e. The molecule has 4 nitrogen and oxygen atoms in total. The van der Waals surface area contributed by atoms with Crippen LogP contribution in [-0.2, 0) is 0 Å². The first-order valence-corrected chi connectivity index (χ1v) is 14.2. The molecule has 0 saturated carbocycles. The van der Waals surface area contributed by atoms with E-state index in [9.17, 15) is 0 Å². The van der Waals surface area contributed by atoms with E-state index in [4.69, 9.17) is 9.97 Å². The molecule has 4 heteroatoms. The van der Waals surface area contributed by atoms with Crippen molar-refractivity contribution in [2.75, 3.05) is 0 Å². The fourth-order valence-corrected chi connectivity index (χ4v) is 6.38. The third kappa shape index (κ3) is 3.42. The Morgan fingerprint density at radius 2 is 1.07 bits per heavy atom. The fourth-order valence-electron chi connectivity index (χ4n) is 6.38. The summed E-state index contributed by atoms with van der Waals surface area (Å²) in [6.45, 7) is 0. The molecule has 1 N–H and O–H groups in total. The van der Waals surface area contributed by atoms with Gasteiger partial charge in [-0.05, 0) is 53.6 Å². The summed E-state index contributed by atoms with van der Waals surface area (Å²) in [6, 6.07) is 49.1. The lowest BCUT2D eigenvalue weighted by atomic mass is 10.0. The maximum Gasteiger partial charge on any atom is 0.235 e. The number of nitrogens with one attached hydrogen (secondary N) is 1. The van der Waals surface area contributed by atoms with Gasteiger partial charge in [0, 0.05) is 43.5 Å². The Hall–Kier alpha value is -5.74. The molecule has 9 rings (SSSR count). The molecular weight excluding hydrogens is 512 g/mol. The van der Waals surface area contributed by atoms with Crippen LogP contribution in [0.25, 0.3) is 82.8 Å². The van der Waals surface area contributed by atoms with Crippen LogP contribution in [0.4, 0.5) is 0 Å². The van der Waals surface area contributed by atoms with E-state index in [2.05, 4.69) is 131 Å². The first kappa shape index (κ1) is 23.0. The predicted molar refractivity (Wildman–Crippen MR) is 174 cm³/mol. The topological polar surface area (TPSA) is 46.5 Å². The molecular formula is C38H24N4.